The van der Waals surface area contributed by atoms with Crippen molar-refractivity contribution in [1.82, 2.24) is 9.99 Å². The van der Waals surface area contributed by atoms with Crippen LogP contribution < -0.4 is 9.47 Å². The van der Waals surface area contributed by atoms with Crippen molar-refractivity contribution < 1.29 is 18.7 Å². The summed E-state index contributed by atoms with van der Waals surface area (Å²) in [4.78, 5) is 18.8. The van der Waals surface area contributed by atoms with Gasteiger partial charge in [-0.25, -0.2) is 9.99 Å². The zero-order valence-electron chi connectivity index (χ0n) is 26.6. The van der Waals surface area contributed by atoms with Crippen LogP contribution >= 0.6 is 0 Å². The van der Waals surface area contributed by atoms with Crippen LogP contribution in [-0.4, -0.2) is 34.8 Å². The fourth-order valence-electron chi connectivity index (χ4n) is 6.49. The Morgan fingerprint density at radius 3 is 2.21 bits per heavy atom. The summed E-state index contributed by atoms with van der Waals surface area (Å²) in [6.45, 7) is 5.19. The van der Waals surface area contributed by atoms with Crippen molar-refractivity contribution in [3.8, 4) is 34.3 Å². The molecule has 1 fully saturated rings. The van der Waals surface area contributed by atoms with E-state index in [0.29, 0.717) is 30.4 Å². The molecule has 5 aromatic rings. The second kappa shape index (κ2) is 13.5. The quantitative estimate of drug-likeness (QED) is 0.164. The number of hydrogen-bond acceptors (Lipinski definition) is 6. The molecule has 1 aliphatic heterocycles. The van der Waals surface area contributed by atoms with E-state index < -0.39 is 0 Å². The number of benzene rings is 4. The molecule has 0 spiro atoms. The number of hydrogen-bond donors (Lipinski definition) is 0. The monoisotopic (exact) mass is 623 g/mol. The van der Waals surface area contributed by atoms with E-state index in [2.05, 4.69) is 35.3 Å². The third-order valence-electron chi connectivity index (χ3n) is 8.72. The molecule has 7 rings (SSSR count). The number of ether oxygens (including phenoxy) is 2. The molecule has 47 heavy (non-hydrogen) atoms. The first-order valence-corrected chi connectivity index (χ1v) is 16.3. The van der Waals surface area contributed by atoms with Crippen molar-refractivity contribution in [2.75, 3.05) is 13.2 Å². The molecule has 0 bridgehead atoms. The topological polar surface area (TPSA) is 77.2 Å². The van der Waals surface area contributed by atoms with Gasteiger partial charge in [0.1, 0.15) is 11.5 Å². The van der Waals surface area contributed by atoms with Gasteiger partial charge in [0.2, 0.25) is 5.89 Å². The summed E-state index contributed by atoms with van der Waals surface area (Å²) in [5.41, 5.74) is 6.61. The van der Waals surface area contributed by atoms with Gasteiger partial charge in [-0.3, -0.25) is 4.79 Å². The van der Waals surface area contributed by atoms with Crippen LogP contribution in [0, 0.1) is 5.92 Å². The molecule has 2 unspecified atom stereocenters. The van der Waals surface area contributed by atoms with Crippen molar-refractivity contribution in [3.63, 3.8) is 0 Å². The van der Waals surface area contributed by atoms with Gasteiger partial charge in [0.25, 0.3) is 5.91 Å². The maximum atomic E-state index is 14.3. The minimum absolute atomic E-state index is 0.0857. The first-order valence-electron chi connectivity index (χ1n) is 16.3. The van der Waals surface area contributed by atoms with E-state index in [0.717, 1.165) is 58.7 Å². The zero-order chi connectivity index (χ0) is 32.2. The molecule has 0 saturated heterocycles. The summed E-state index contributed by atoms with van der Waals surface area (Å²) < 4.78 is 17.4. The van der Waals surface area contributed by atoms with Crippen LogP contribution in [-0.2, 0) is 0 Å². The number of fused-ring (bicyclic) bond motifs is 1. The number of rotatable bonds is 9. The number of hydrazone groups is 1. The second-order valence-electron chi connectivity index (χ2n) is 11.7. The molecule has 1 aromatic heterocycles. The van der Waals surface area contributed by atoms with Crippen LogP contribution in [0.4, 0.5) is 0 Å². The molecule has 1 saturated carbocycles. The second-order valence-corrected chi connectivity index (χ2v) is 11.7. The first kappa shape index (κ1) is 30.2. The first-order chi connectivity index (χ1) is 23.1. The summed E-state index contributed by atoms with van der Waals surface area (Å²) in [7, 11) is 0. The maximum absolute atomic E-state index is 14.3. The van der Waals surface area contributed by atoms with Gasteiger partial charge >= 0.3 is 0 Å². The van der Waals surface area contributed by atoms with Crippen LogP contribution in [0.15, 0.2) is 124 Å². The third-order valence-corrected chi connectivity index (χ3v) is 8.72. The molecular formula is C40H37N3O4. The summed E-state index contributed by atoms with van der Waals surface area (Å²) in [6, 6.07) is 33.3. The van der Waals surface area contributed by atoms with Crippen LogP contribution in [0.3, 0.4) is 0 Å². The Kier molecular flexibility index (Phi) is 8.69. The number of aromatic nitrogens is 1. The lowest BCUT2D eigenvalue weighted by atomic mass is 9.77. The fraction of sp³-hybridized carbons (Fsp3) is 0.225. The molecule has 4 aromatic carbocycles. The minimum Gasteiger partial charge on any atom is -0.494 e. The average molecular weight is 624 g/mol. The van der Waals surface area contributed by atoms with Gasteiger partial charge in [-0.15, -0.1) is 0 Å². The Bertz CT molecular complexity index is 1890. The van der Waals surface area contributed by atoms with Crippen molar-refractivity contribution in [2.24, 2.45) is 11.0 Å². The summed E-state index contributed by atoms with van der Waals surface area (Å²) in [5, 5.41) is 6.79. The predicted molar refractivity (Wildman–Crippen MR) is 184 cm³/mol. The van der Waals surface area contributed by atoms with Crippen LogP contribution in [0.1, 0.15) is 60.6 Å². The van der Waals surface area contributed by atoms with Crippen LogP contribution in [0.25, 0.3) is 28.9 Å². The largest absolute Gasteiger partial charge is 0.494 e. The van der Waals surface area contributed by atoms with E-state index in [4.69, 9.17) is 19.0 Å². The smallest absolute Gasteiger partial charge is 0.274 e. The van der Waals surface area contributed by atoms with E-state index in [1.165, 1.54) is 5.57 Å². The molecule has 2 heterocycles. The molecule has 0 radical (unpaired) electrons. The molecule has 2 atom stereocenters. The molecule has 1 aliphatic carbocycles. The molecular weight excluding hydrogens is 586 g/mol. The van der Waals surface area contributed by atoms with Gasteiger partial charge in [-0.2, -0.15) is 5.10 Å². The van der Waals surface area contributed by atoms with Gasteiger partial charge in [0, 0.05) is 22.6 Å². The van der Waals surface area contributed by atoms with Gasteiger partial charge < -0.3 is 13.9 Å². The summed E-state index contributed by atoms with van der Waals surface area (Å²) in [6.07, 6.45) is 6.83. The minimum atomic E-state index is -0.225. The van der Waals surface area contributed by atoms with Gasteiger partial charge in [0.05, 0.1) is 31.2 Å². The molecule has 0 N–H and O–H groups in total. The Labute approximate surface area is 275 Å². The number of oxazole rings is 1. The van der Waals surface area contributed by atoms with Crippen molar-refractivity contribution >= 4 is 17.7 Å². The van der Waals surface area contributed by atoms with E-state index in [1.807, 2.05) is 92.7 Å². The Hall–Kier alpha value is -5.43. The lowest BCUT2D eigenvalue weighted by Gasteiger charge is -2.30. The number of carbonyl (C=O) groups is 1. The van der Waals surface area contributed by atoms with E-state index in [-0.39, 0.29) is 17.9 Å². The summed E-state index contributed by atoms with van der Waals surface area (Å²) in [5.74, 6) is 2.81. The Morgan fingerprint density at radius 1 is 0.851 bits per heavy atom. The highest BCUT2D eigenvalue weighted by atomic mass is 16.5. The summed E-state index contributed by atoms with van der Waals surface area (Å²) >= 11 is 0. The lowest BCUT2D eigenvalue weighted by Crippen LogP contribution is -2.31. The van der Waals surface area contributed by atoms with Crippen molar-refractivity contribution in [2.45, 2.75) is 39.2 Å². The Balaban J connectivity index is 1.20. The third kappa shape index (κ3) is 6.34. The van der Waals surface area contributed by atoms with Crippen molar-refractivity contribution in [1.29, 1.82) is 0 Å². The zero-order valence-corrected chi connectivity index (χ0v) is 26.6. The van der Waals surface area contributed by atoms with Gasteiger partial charge in [-0.1, -0.05) is 54.6 Å². The molecule has 1 amide bonds. The highest BCUT2D eigenvalue weighted by molar-refractivity contribution is 6.09. The van der Waals surface area contributed by atoms with Gasteiger partial charge in [-0.05, 0) is 104 Å². The van der Waals surface area contributed by atoms with E-state index in [1.54, 1.807) is 11.2 Å². The standard InChI is InChI=1S/C40H37N3O4/c1-3-45-33-21-13-27(14-22-33)25-32-11-8-12-35-37(32)42-43(38(35)29-19-23-34(24-20-29)46-4-2)40(44)31-17-15-30(16-18-31)39-41-26-36(47-39)28-9-6-5-7-10-28/h5-7,9-10,13-26,35,38H,3-4,8,11-12H2,1-2H3. The lowest BCUT2D eigenvalue weighted by molar-refractivity contribution is 0.0681. The average Bonchev–Trinajstić information content (AvgIpc) is 3.77. The maximum Gasteiger partial charge on any atom is 0.274 e. The number of nitrogens with zero attached hydrogens (tertiary/aromatic N) is 3. The van der Waals surface area contributed by atoms with Gasteiger partial charge in [0.15, 0.2) is 5.76 Å². The molecule has 236 valence electrons. The van der Waals surface area contributed by atoms with E-state index >= 15 is 0 Å². The number of allylic oxidation sites excluding steroid dienone is 1. The highest BCUT2D eigenvalue weighted by Crippen LogP contribution is 2.45. The predicted octanol–water partition coefficient (Wildman–Crippen LogP) is 9.24. The molecule has 7 nitrogen and oxygen atoms in total. The number of carbonyl (C=O) groups excluding carboxylic acids is 1. The molecule has 2 aliphatic rings. The van der Waals surface area contributed by atoms with E-state index in [9.17, 15) is 4.79 Å². The molecule has 7 heteroatoms. The normalized spacial score (nSPS) is 18.1. The fourth-order valence-corrected chi connectivity index (χ4v) is 6.49. The number of amides is 1. The van der Waals surface area contributed by atoms with Crippen molar-refractivity contribution in [3.05, 3.63) is 132 Å². The van der Waals surface area contributed by atoms with Crippen LogP contribution in [0.5, 0.6) is 11.5 Å². The highest BCUT2D eigenvalue weighted by Gasteiger charge is 2.44. The van der Waals surface area contributed by atoms with Crippen LogP contribution in [0.2, 0.25) is 0 Å². The SMILES string of the molecule is CCOc1ccc(C=C2CCCC3C2=NN(C(=O)c2ccc(-c4ncc(-c5ccccc5)o4)cc2)C3c2ccc(OCC)cc2)cc1. The Morgan fingerprint density at radius 2 is 1.53 bits per heavy atom.